The molecule has 2 N–H and O–H groups in total. The summed E-state index contributed by atoms with van der Waals surface area (Å²) in [5, 5.41) is 13.6. The Hall–Kier alpha value is -2.70. The van der Waals surface area contributed by atoms with E-state index >= 15 is 0 Å². The van der Waals surface area contributed by atoms with Crippen LogP contribution in [0.4, 0.5) is 5.69 Å². The number of benzene rings is 1. The van der Waals surface area contributed by atoms with Crippen LogP contribution in [0.2, 0.25) is 0 Å². The molecule has 27 heavy (non-hydrogen) atoms. The Labute approximate surface area is 157 Å². The third-order valence-corrected chi connectivity index (χ3v) is 5.12. The first-order chi connectivity index (χ1) is 13.2. The van der Waals surface area contributed by atoms with Gasteiger partial charge in [-0.25, -0.2) is 4.98 Å². The van der Waals surface area contributed by atoms with Crippen molar-refractivity contribution in [2.75, 3.05) is 19.0 Å². The molecule has 0 saturated carbocycles. The van der Waals surface area contributed by atoms with Crippen LogP contribution in [0, 0.1) is 0 Å². The van der Waals surface area contributed by atoms with E-state index in [1.165, 1.54) is 11.1 Å². The summed E-state index contributed by atoms with van der Waals surface area (Å²) in [6.07, 6.45) is 5.36. The first-order valence-electron chi connectivity index (χ1n) is 9.14. The van der Waals surface area contributed by atoms with Gasteiger partial charge >= 0.3 is 0 Å². The lowest BCUT2D eigenvalue weighted by Crippen LogP contribution is -2.21. The van der Waals surface area contributed by atoms with Gasteiger partial charge < -0.3 is 19.7 Å². The second-order valence-corrected chi connectivity index (χ2v) is 6.94. The highest BCUT2D eigenvalue weighted by molar-refractivity contribution is 5.79. The molecular formula is C21H23N3O3. The van der Waals surface area contributed by atoms with Gasteiger partial charge in [-0.3, -0.25) is 4.79 Å². The standard InChI is InChI=1S/C21H23N3O3/c1-27-7-6-24-12-16(13-25)20(26)19-10-18(11-22-21(19)24)23-17-8-14-4-2-3-5-15(14)9-17/h2-5,10-12,17,23,25H,6-9,13H2,1H3. The first kappa shape index (κ1) is 17.7. The molecule has 1 aliphatic carbocycles. The molecule has 6 nitrogen and oxygen atoms in total. The molecule has 0 saturated heterocycles. The molecule has 0 radical (unpaired) electrons. The number of hydrogen-bond donors (Lipinski definition) is 2. The third kappa shape index (κ3) is 3.46. The number of aliphatic hydroxyl groups excluding tert-OH is 1. The number of ether oxygens (including phenoxy) is 1. The van der Waals surface area contributed by atoms with E-state index in [0.29, 0.717) is 35.8 Å². The largest absolute Gasteiger partial charge is 0.391 e. The first-order valence-corrected chi connectivity index (χ1v) is 9.14. The fraction of sp³-hybridized carbons (Fsp3) is 0.333. The topological polar surface area (TPSA) is 76.4 Å². The molecule has 3 aromatic rings. The van der Waals surface area contributed by atoms with Crippen LogP contribution in [0.1, 0.15) is 16.7 Å². The number of hydrogen-bond acceptors (Lipinski definition) is 5. The molecule has 6 heteroatoms. The van der Waals surface area contributed by atoms with Crippen molar-refractivity contribution < 1.29 is 9.84 Å². The molecule has 140 valence electrons. The van der Waals surface area contributed by atoms with Crippen LogP contribution in [0.3, 0.4) is 0 Å². The summed E-state index contributed by atoms with van der Waals surface area (Å²) in [5.74, 6) is 0. The van der Waals surface area contributed by atoms with Crippen molar-refractivity contribution in [3.05, 3.63) is 69.6 Å². The number of nitrogens with zero attached hydrogens (tertiary/aromatic N) is 2. The number of aliphatic hydroxyl groups is 1. The van der Waals surface area contributed by atoms with Gasteiger partial charge in [0.1, 0.15) is 5.65 Å². The SMILES string of the molecule is COCCn1cc(CO)c(=O)c2cc(NC3Cc4ccccc4C3)cnc21. The molecule has 1 aliphatic rings. The van der Waals surface area contributed by atoms with E-state index in [-0.39, 0.29) is 12.0 Å². The third-order valence-electron chi connectivity index (χ3n) is 5.12. The van der Waals surface area contributed by atoms with Crippen molar-refractivity contribution in [1.82, 2.24) is 9.55 Å². The van der Waals surface area contributed by atoms with Gasteiger partial charge in [-0.05, 0) is 30.0 Å². The zero-order chi connectivity index (χ0) is 18.8. The van der Waals surface area contributed by atoms with Crippen molar-refractivity contribution in [3.63, 3.8) is 0 Å². The summed E-state index contributed by atoms with van der Waals surface area (Å²) in [4.78, 5) is 17.2. The fourth-order valence-electron chi connectivity index (χ4n) is 3.78. The maximum atomic E-state index is 12.7. The van der Waals surface area contributed by atoms with Crippen molar-refractivity contribution in [2.24, 2.45) is 0 Å². The Bertz CT molecular complexity index is 1000. The van der Waals surface area contributed by atoms with E-state index in [2.05, 4.69) is 34.6 Å². The summed E-state index contributed by atoms with van der Waals surface area (Å²) in [6, 6.07) is 10.6. The maximum absolute atomic E-state index is 12.7. The van der Waals surface area contributed by atoms with Crippen molar-refractivity contribution in [2.45, 2.75) is 32.0 Å². The van der Waals surface area contributed by atoms with E-state index in [1.807, 2.05) is 10.6 Å². The molecule has 0 unspecified atom stereocenters. The van der Waals surface area contributed by atoms with Crippen LogP contribution in [-0.4, -0.2) is 34.4 Å². The Balaban J connectivity index is 1.65. The monoisotopic (exact) mass is 365 g/mol. The van der Waals surface area contributed by atoms with Crippen LogP contribution in [-0.2, 0) is 30.7 Å². The summed E-state index contributed by atoms with van der Waals surface area (Å²) in [7, 11) is 1.63. The number of anilines is 1. The number of nitrogens with one attached hydrogen (secondary N) is 1. The van der Waals surface area contributed by atoms with E-state index < -0.39 is 0 Å². The molecule has 0 spiro atoms. The average Bonchev–Trinajstić information content (AvgIpc) is 3.10. The lowest BCUT2D eigenvalue weighted by Gasteiger charge is -2.16. The minimum atomic E-state index is -0.294. The number of rotatable bonds is 6. The minimum absolute atomic E-state index is 0.174. The quantitative estimate of drug-likeness (QED) is 0.700. The Morgan fingerprint density at radius 3 is 2.70 bits per heavy atom. The highest BCUT2D eigenvalue weighted by atomic mass is 16.5. The van der Waals surface area contributed by atoms with Gasteiger partial charge in [0.15, 0.2) is 5.43 Å². The molecule has 2 heterocycles. The lowest BCUT2D eigenvalue weighted by molar-refractivity contribution is 0.187. The fourth-order valence-corrected chi connectivity index (χ4v) is 3.78. The average molecular weight is 365 g/mol. The van der Waals surface area contributed by atoms with Gasteiger partial charge in [0.05, 0.1) is 30.5 Å². The lowest BCUT2D eigenvalue weighted by atomic mass is 10.1. The highest BCUT2D eigenvalue weighted by Gasteiger charge is 2.21. The molecule has 0 amide bonds. The molecule has 0 bridgehead atoms. The van der Waals surface area contributed by atoms with Crippen LogP contribution in [0.25, 0.3) is 11.0 Å². The number of fused-ring (bicyclic) bond motifs is 2. The number of pyridine rings is 2. The molecular weight excluding hydrogens is 342 g/mol. The molecule has 2 aromatic heterocycles. The van der Waals surface area contributed by atoms with Gasteiger partial charge in [0.2, 0.25) is 0 Å². The van der Waals surface area contributed by atoms with Gasteiger partial charge in [-0.15, -0.1) is 0 Å². The Kier molecular flexibility index (Phi) is 4.92. The molecule has 0 atom stereocenters. The van der Waals surface area contributed by atoms with Crippen molar-refractivity contribution in [1.29, 1.82) is 0 Å². The van der Waals surface area contributed by atoms with Crippen molar-refractivity contribution >= 4 is 16.7 Å². The summed E-state index contributed by atoms with van der Waals surface area (Å²) >= 11 is 0. The maximum Gasteiger partial charge on any atom is 0.196 e. The molecule has 0 fully saturated rings. The summed E-state index contributed by atoms with van der Waals surface area (Å²) in [6.45, 7) is 0.778. The second-order valence-electron chi connectivity index (χ2n) is 6.94. The molecule has 0 aliphatic heterocycles. The second kappa shape index (κ2) is 7.50. The summed E-state index contributed by atoms with van der Waals surface area (Å²) < 4.78 is 7.00. The summed E-state index contributed by atoms with van der Waals surface area (Å²) in [5.41, 5.74) is 4.36. The molecule has 1 aromatic carbocycles. The van der Waals surface area contributed by atoms with E-state index in [0.717, 1.165) is 18.5 Å². The van der Waals surface area contributed by atoms with E-state index in [9.17, 15) is 9.90 Å². The van der Waals surface area contributed by atoms with Crippen LogP contribution >= 0.6 is 0 Å². The highest BCUT2D eigenvalue weighted by Crippen LogP contribution is 2.25. The zero-order valence-corrected chi connectivity index (χ0v) is 15.3. The predicted octanol–water partition coefficient (Wildman–Crippen LogP) is 2.11. The smallest absolute Gasteiger partial charge is 0.196 e. The zero-order valence-electron chi connectivity index (χ0n) is 15.3. The van der Waals surface area contributed by atoms with Crippen LogP contribution in [0.15, 0.2) is 47.5 Å². The van der Waals surface area contributed by atoms with Crippen molar-refractivity contribution in [3.8, 4) is 0 Å². The number of methoxy groups -OCH3 is 1. The van der Waals surface area contributed by atoms with E-state index in [1.54, 1.807) is 19.5 Å². The molecule has 4 rings (SSSR count). The predicted molar refractivity (Wildman–Crippen MR) is 105 cm³/mol. The van der Waals surface area contributed by atoms with E-state index in [4.69, 9.17) is 4.74 Å². The Morgan fingerprint density at radius 2 is 2.04 bits per heavy atom. The van der Waals surface area contributed by atoms with Gasteiger partial charge in [0.25, 0.3) is 0 Å². The Morgan fingerprint density at radius 1 is 1.30 bits per heavy atom. The minimum Gasteiger partial charge on any atom is -0.391 e. The number of aromatic nitrogens is 2. The van der Waals surface area contributed by atoms with Gasteiger partial charge in [0, 0.05) is 31.5 Å². The van der Waals surface area contributed by atoms with Crippen LogP contribution < -0.4 is 10.7 Å². The van der Waals surface area contributed by atoms with Crippen LogP contribution in [0.5, 0.6) is 0 Å². The van der Waals surface area contributed by atoms with Gasteiger partial charge in [-0.1, -0.05) is 24.3 Å². The normalized spacial score (nSPS) is 13.9. The van der Waals surface area contributed by atoms with Gasteiger partial charge in [-0.2, -0.15) is 0 Å².